The number of likely N-dealkylation sites (tertiary alicyclic amines) is 1. The van der Waals surface area contributed by atoms with Crippen LogP contribution in [0.1, 0.15) is 42.0 Å². The van der Waals surface area contributed by atoms with E-state index in [0.29, 0.717) is 36.7 Å². The summed E-state index contributed by atoms with van der Waals surface area (Å²) < 4.78 is 16.6. The number of carbonyl (C=O) groups excluding carboxylic acids is 2. The summed E-state index contributed by atoms with van der Waals surface area (Å²) in [6, 6.07) is 8.04. The molecule has 1 aromatic heterocycles. The number of aliphatic hydroxyl groups is 1. The van der Waals surface area contributed by atoms with Crippen molar-refractivity contribution in [1.29, 1.82) is 0 Å². The third-order valence-electron chi connectivity index (χ3n) is 5.49. The first-order chi connectivity index (χ1) is 14.4. The second-order valence-corrected chi connectivity index (χ2v) is 7.74. The molecule has 2 atom stereocenters. The van der Waals surface area contributed by atoms with Crippen molar-refractivity contribution in [2.75, 3.05) is 20.3 Å². The second kappa shape index (κ2) is 7.99. The van der Waals surface area contributed by atoms with Crippen LogP contribution in [0.4, 0.5) is 0 Å². The Balaban J connectivity index is 1.78. The standard InChI is InChI=1S/C23H25NO6/c1-13-5-7-18(29-13)20-19(22(26)23(27)24(20)9-4-10-28-3)21(25)15-6-8-17-16(12-15)11-14(2)30-17/h5-8,12,14,20,25H,4,9-11H2,1-3H3/b21-19-. The molecule has 0 bridgehead atoms. The number of ether oxygens (including phenoxy) is 2. The van der Waals surface area contributed by atoms with Crippen LogP contribution in [0.3, 0.4) is 0 Å². The first-order valence-electron chi connectivity index (χ1n) is 10.0. The van der Waals surface area contributed by atoms with Crippen molar-refractivity contribution in [1.82, 2.24) is 4.90 Å². The Morgan fingerprint density at radius 3 is 2.77 bits per heavy atom. The molecule has 1 fully saturated rings. The lowest BCUT2D eigenvalue weighted by molar-refractivity contribution is -0.140. The summed E-state index contributed by atoms with van der Waals surface area (Å²) in [5.74, 6) is 0.320. The van der Waals surface area contributed by atoms with Crippen LogP contribution in [0.25, 0.3) is 5.76 Å². The summed E-state index contributed by atoms with van der Waals surface area (Å²) in [6.07, 6.45) is 1.35. The van der Waals surface area contributed by atoms with Crippen molar-refractivity contribution in [3.63, 3.8) is 0 Å². The number of hydrogen-bond acceptors (Lipinski definition) is 6. The molecule has 1 N–H and O–H groups in total. The number of fused-ring (bicyclic) bond motifs is 1. The fourth-order valence-electron chi connectivity index (χ4n) is 4.11. The first kappa shape index (κ1) is 20.2. The summed E-state index contributed by atoms with van der Waals surface area (Å²) in [6.45, 7) is 4.54. The number of aliphatic hydroxyl groups excluding tert-OH is 1. The zero-order valence-corrected chi connectivity index (χ0v) is 17.3. The molecule has 2 aliphatic heterocycles. The van der Waals surface area contributed by atoms with E-state index < -0.39 is 17.7 Å². The second-order valence-electron chi connectivity index (χ2n) is 7.74. The SMILES string of the molecule is COCCCN1C(=O)C(=O)/C(=C(\O)c2ccc3c(c2)CC(C)O3)C1c1ccc(C)o1. The Kier molecular flexibility index (Phi) is 5.39. The molecule has 2 aliphatic rings. The highest BCUT2D eigenvalue weighted by Crippen LogP contribution is 2.41. The van der Waals surface area contributed by atoms with Gasteiger partial charge in [0.2, 0.25) is 0 Å². The third-order valence-corrected chi connectivity index (χ3v) is 5.49. The molecule has 7 heteroatoms. The minimum Gasteiger partial charge on any atom is -0.507 e. The topological polar surface area (TPSA) is 89.2 Å². The van der Waals surface area contributed by atoms with E-state index in [1.807, 2.05) is 13.0 Å². The smallest absolute Gasteiger partial charge is 0.295 e. The molecule has 1 saturated heterocycles. The molecular weight excluding hydrogens is 386 g/mol. The lowest BCUT2D eigenvalue weighted by Gasteiger charge is -2.23. The summed E-state index contributed by atoms with van der Waals surface area (Å²) in [5, 5.41) is 11.1. The molecule has 1 aromatic carbocycles. The largest absolute Gasteiger partial charge is 0.507 e. The average Bonchev–Trinajstić information content (AvgIpc) is 3.38. The van der Waals surface area contributed by atoms with Gasteiger partial charge in [-0.2, -0.15) is 0 Å². The summed E-state index contributed by atoms with van der Waals surface area (Å²) >= 11 is 0. The number of amides is 1. The van der Waals surface area contributed by atoms with Crippen molar-refractivity contribution >= 4 is 17.4 Å². The third kappa shape index (κ3) is 3.50. The molecule has 0 saturated carbocycles. The maximum Gasteiger partial charge on any atom is 0.295 e. The van der Waals surface area contributed by atoms with Gasteiger partial charge in [0.05, 0.1) is 5.57 Å². The molecule has 4 rings (SSSR count). The van der Waals surface area contributed by atoms with Crippen molar-refractivity contribution in [3.05, 3.63) is 58.6 Å². The Hall–Kier alpha value is -3.06. The first-order valence-corrected chi connectivity index (χ1v) is 10.0. The molecule has 2 unspecified atom stereocenters. The maximum absolute atomic E-state index is 12.9. The predicted octanol–water partition coefficient (Wildman–Crippen LogP) is 3.37. The highest BCUT2D eigenvalue weighted by molar-refractivity contribution is 6.46. The van der Waals surface area contributed by atoms with Gasteiger partial charge in [-0.25, -0.2) is 0 Å². The molecule has 0 aliphatic carbocycles. The van der Waals surface area contributed by atoms with Crippen molar-refractivity contribution in [2.24, 2.45) is 0 Å². The Morgan fingerprint density at radius 2 is 2.07 bits per heavy atom. The quantitative estimate of drug-likeness (QED) is 0.339. The van der Waals surface area contributed by atoms with E-state index in [1.165, 1.54) is 4.90 Å². The number of aryl methyl sites for hydroxylation is 1. The van der Waals surface area contributed by atoms with Crippen LogP contribution in [0, 0.1) is 6.92 Å². The number of ketones is 1. The van der Waals surface area contributed by atoms with E-state index >= 15 is 0 Å². The number of benzene rings is 1. The molecule has 7 nitrogen and oxygen atoms in total. The molecule has 158 valence electrons. The summed E-state index contributed by atoms with van der Waals surface area (Å²) in [5.41, 5.74) is 1.49. The van der Waals surface area contributed by atoms with Gasteiger partial charge in [0.25, 0.3) is 11.7 Å². The highest BCUT2D eigenvalue weighted by atomic mass is 16.5. The lowest BCUT2D eigenvalue weighted by Crippen LogP contribution is -2.31. The van der Waals surface area contributed by atoms with Crippen LogP contribution in [-0.2, 0) is 20.7 Å². The minimum absolute atomic E-state index is 0.0404. The molecule has 3 heterocycles. The van der Waals surface area contributed by atoms with Crippen molar-refractivity contribution in [2.45, 2.75) is 38.8 Å². The number of rotatable bonds is 6. The molecule has 0 radical (unpaired) electrons. The van der Waals surface area contributed by atoms with Gasteiger partial charge in [0.15, 0.2) is 0 Å². The van der Waals surface area contributed by atoms with Gasteiger partial charge in [-0.15, -0.1) is 0 Å². The van der Waals surface area contributed by atoms with Crippen molar-refractivity contribution < 1.29 is 28.6 Å². The van der Waals surface area contributed by atoms with Crippen LogP contribution in [-0.4, -0.2) is 48.1 Å². The van der Waals surface area contributed by atoms with Gasteiger partial charge in [-0.1, -0.05) is 0 Å². The molecule has 1 amide bonds. The van der Waals surface area contributed by atoms with Gasteiger partial charge in [-0.3, -0.25) is 9.59 Å². The summed E-state index contributed by atoms with van der Waals surface area (Å²) in [4.78, 5) is 27.2. The van der Waals surface area contributed by atoms with E-state index in [-0.39, 0.29) is 17.4 Å². The fourth-order valence-corrected chi connectivity index (χ4v) is 4.11. The Morgan fingerprint density at radius 1 is 1.27 bits per heavy atom. The molecule has 0 spiro atoms. The van der Waals surface area contributed by atoms with Gasteiger partial charge in [0.1, 0.15) is 35.2 Å². The predicted molar refractivity (Wildman–Crippen MR) is 109 cm³/mol. The Labute approximate surface area is 174 Å². The number of furan rings is 1. The van der Waals surface area contributed by atoms with E-state index in [9.17, 15) is 14.7 Å². The number of Topliss-reactive ketones (excluding diaryl/α,β-unsaturated/α-hetero) is 1. The number of hydrogen-bond donors (Lipinski definition) is 1. The zero-order chi connectivity index (χ0) is 21.4. The van der Waals surface area contributed by atoms with Crippen LogP contribution in [0.5, 0.6) is 5.75 Å². The fraction of sp³-hybridized carbons (Fsp3) is 0.391. The van der Waals surface area contributed by atoms with E-state index in [4.69, 9.17) is 13.9 Å². The number of carbonyl (C=O) groups is 2. The van der Waals surface area contributed by atoms with Crippen LogP contribution in [0.2, 0.25) is 0 Å². The van der Waals surface area contributed by atoms with Gasteiger partial charge in [-0.05, 0) is 56.2 Å². The van der Waals surface area contributed by atoms with Crippen LogP contribution < -0.4 is 4.74 Å². The van der Waals surface area contributed by atoms with E-state index in [0.717, 1.165) is 17.7 Å². The summed E-state index contributed by atoms with van der Waals surface area (Å²) in [7, 11) is 1.58. The molecule has 30 heavy (non-hydrogen) atoms. The normalized spacial score (nSPS) is 22.4. The molecular formula is C23H25NO6. The van der Waals surface area contributed by atoms with Crippen molar-refractivity contribution in [3.8, 4) is 5.75 Å². The van der Waals surface area contributed by atoms with Crippen LogP contribution in [0.15, 0.2) is 40.3 Å². The van der Waals surface area contributed by atoms with Gasteiger partial charge < -0.3 is 23.9 Å². The monoisotopic (exact) mass is 411 g/mol. The Bertz CT molecular complexity index is 1020. The zero-order valence-electron chi connectivity index (χ0n) is 17.3. The lowest BCUT2D eigenvalue weighted by atomic mass is 9.97. The number of methoxy groups -OCH3 is 1. The minimum atomic E-state index is -0.779. The van der Waals surface area contributed by atoms with E-state index in [1.54, 1.807) is 38.3 Å². The highest BCUT2D eigenvalue weighted by Gasteiger charge is 2.47. The van der Waals surface area contributed by atoms with Gasteiger partial charge >= 0.3 is 0 Å². The molecule has 2 aromatic rings. The average molecular weight is 411 g/mol. The van der Waals surface area contributed by atoms with Crippen LogP contribution >= 0.6 is 0 Å². The van der Waals surface area contributed by atoms with E-state index in [2.05, 4.69) is 0 Å². The number of nitrogens with zero attached hydrogens (tertiary/aromatic N) is 1. The van der Waals surface area contributed by atoms with Gasteiger partial charge in [0, 0.05) is 32.2 Å². The maximum atomic E-state index is 12.9.